The Balaban J connectivity index is 2.43. The quantitative estimate of drug-likeness (QED) is 0.902. The zero-order valence-corrected chi connectivity index (χ0v) is 9.92. The van der Waals surface area contributed by atoms with Crippen LogP contribution in [-0.4, -0.2) is 10.5 Å². The van der Waals surface area contributed by atoms with E-state index < -0.39 is 0 Å². The molecule has 0 aliphatic rings. The lowest BCUT2D eigenvalue weighted by Crippen LogP contribution is -2.13. The van der Waals surface area contributed by atoms with Gasteiger partial charge in [-0.25, -0.2) is 0 Å². The van der Waals surface area contributed by atoms with Gasteiger partial charge in [0.2, 0.25) is 5.91 Å². The molecular formula is C11H10Cl2N2O. The molecule has 84 valence electrons. The van der Waals surface area contributed by atoms with E-state index in [0.717, 1.165) is 10.9 Å². The topological polar surface area (TPSA) is 48.0 Å². The van der Waals surface area contributed by atoms with Crippen LogP contribution in [0, 0.1) is 0 Å². The van der Waals surface area contributed by atoms with Crippen LogP contribution in [0.3, 0.4) is 0 Å². The van der Waals surface area contributed by atoms with Gasteiger partial charge in [-0.3, -0.25) is 4.79 Å². The summed E-state index contributed by atoms with van der Waals surface area (Å²) in [6, 6.07) is 5.42. The number of rotatable bonds is 3. The molecule has 1 heterocycles. The Bertz CT molecular complexity index is 548. The smallest absolute Gasteiger partial charge is 0.219 e. The zero-order valence-electron chi connectivity index (χ0n) is 8.41. The third-order valence-electron chi connectivity index (χ3n) is 2.40. The van der Waals surface area contributed by atoms with Gasteiger partial charge in [-0.05, 0) is 18.2 Å². The largest absolute Gasteiger partial charge is 0.370 e. The number of carbonyl (C=O) groups excluding carboxylic acids is 1. The molecule has 0 aliphatic heterocycles. The maximum absolute atomic E-state index is 10.7. The monoisotopic (exact) mass is 256 g/mol. The lowest BCUT2D eigenvalue weighted by atomic mass is 10.2. The summed E-state index contributed by atoms with van der Waals surface area (Å²) in [6.45, 7) is 0.537. The van der Waals surface area contributed by atoms with Crippen LogP contribution >= 0.6 is 23.2 Å². The molecule has 2 rings (SSSR count). The van der Waals surface area contributed by atoms with Crippen LogP contribution < -0.4 is 5.73 Å². The number of hydrogen-bond acceptors (Lipinski definition) is 1. The number of aryl methyl sites for hydroxylation is 1. The Kier molecular flexibility index (Phi) is 3.08. The van der Waals surface area contributed by atoms with Gasteiger partial charge < -0.3 is 10.3 Å². The molecule has 1 aromatic carbocycles. The van der Waals surface area contributed by atoms with Gasteiger partial charge in [-0.1, -0.05) is 23.2 Å². The van der Waals surface area contributed by atoms with E-state index in [1.54, 1.807) is 6.07 Å². The van der Waals surface area contributed by atoms with Gasteiger partial charge in [0.1, 0.15) is 0 Å². The summed E-state index contributed by atoms with van der Waals surface area (Å²) in [5.41, 5.74) is 6.02. The lowest BCUT2D eigenvalue weighted by Gasteiger charge is -2.04. The van der Waals surface area contributed by atoms with Gasteiger partial charge in [0, 0.05) is 29.6 Å². The van der Waals surface area contributed by atoms with Crippen LogP contribution in [0.1, 0.15) is 6.42 Å². The number of benzene rings is 1. The summed E-state index contributed by atoms with van der Waals surface area (Å²) in [6.07, 6.45) is 2.17. The second-order valence-corrected chi connectivity index (χ2v) is 4.39. The molecule has 0 aliphatic carbocycles. The SMILES string of the molecule is NC(=O)CCn1ccc2c(Cl)cc(Cl)cc21. The highest BCUT2D eigenvalue weighted by Gasteiger charge is 2.06. The molecular weight excluding hydrogens is 247 g/mol. The van der Waals surface area contributed by atoms with Gasteiger partial charge in [0.25, 0.3) is 0 Å². The molecule has 5 heteroatoms. The molecule has 1 amide bonds. The summed E-state index contributed by atoms with van der Waals surface area (Å²) in [7, 11) is 0. The molecule has 0 spiro atoms. The van der Waals surface area contributed by atoms with Crippen molar-refractivity contribution in [3.05, 3.63) is 34.4 Å². The summed E-state index contributed by atoms with van der Waals surface area (Å²) >= 11 is 12.0. The molecule has 0 bridgehead atoms. The Hall–Kier alpha value is -1.19. The first-order valence-corrected chi connectivity index (χ1v) is 5.55. The van der Waals surface area contributed by atoms with Crippen molar-refractivity contribution in [2.75, 3.05) is 0 Å². The van der Waals surface area contributed by atoms with Crippen molar-refractivity contribution in [2.45, 2.75) is 13.0 Å². The van der Waals surface area contributed by atoms with E-state index in [2.05, 4.69) is 0 Å². The number of aromatic nitrogens is 1. The Labute approximate surface area is 103 Å². The Morgan fingerprint density at radius 3 is 2.81 bits per heavy atom. The average molecular weight is 257 g/mol. The number of hydrogen-bond donors (Lipinski definition) is 1. The number of nitrogens with zero attached hydrogens (tertiary/aromatic N) is 1. The van der Waals surface area contributed by atoms with Crippen LogP contribution in [0.25, 0.3) is 10.9 Å². The fraction of sp³-hybridized carbons (Fsp3) is 0.182. The minimum absolute atomic E-state index is 0.300. The van der Waals surface area contributed by atoms with Crippen molar-refractivity contribution in [2.24, 2.45) is 5.73 Å². The summed E-state index contributed by atoms with van der Waals surface area (Å²) in [5.74, 6) is -0.324. The van der Waals surface area contributed by atoms with Crippen molar-refractivity contribution >= 4 is 40.0 Å². The van der Waals surface area contributed by atoms with Crippen molar-refractivity contribution in [1.82, 2.24) is 4.57 Å². The summed E-state index contributed by atoms with van der Waals surface area (Å²) in [4.78, 5) is 10.7. The maximum atomic E-state index is 10.7. The predicted octanol–water partition coefficient (Wildman–Crippen LogP) is 2.82. The molecule has 1 aromatic heterocycles. The number of fused-ring (bicyclic) bond motifs is 1. The van der Waals surface area contributed by atoms with E-state index in [0.29, 0.717) is 23.0 Å². The molecule has 16 heavy (non-hydrogen) atoms. The van der Waals surface area contributed by atoms with Crippen molar-refractivity contribution in [3.63, 3.8) is 0 Å². The third kappa shape index (κ3) is 2.15. The lowest BCUT2D eigenvalue weighted by molar-refractivity contribution is -0.118. The third-order valence-corrected chi connectivity index (χ3v) is 2.93. The Morgan fingerprint density at radius 1 is 1.38 bits per heavy atom. The van der Waals surface area contributed by atoms with E-state index >= 15 is 0 Å². The first kappa shape index (κ1) is 11.3. The molecule has 0 radical (unpaired) electrons. The highest BCUT2D eigenvalue weighted by atomic mass is 35.5. The number of carbonyl (C=O) groups is 1. The molecule has 0 saturated carbocycles. The maximum Gasteiger partial charge on any atom is 0.219 e. The average Bonchev–Trinajstić information content (AvgIpc) is 2.58. The zero-order chi connectivity index (χ0) is 11.7. The van der Waals surface area contributed by atoms with Crippen LogP contribution in [0.4, 0.5) is 0 Å². The van der Waals surface area contributed by atoms with Gasteiger partial charge in [0.05, 0.1) is 10.5 Å². The van der Waals surface area contributed by atoms with Gasteiger partial charge >= 0.3 is 0 Å². The number of primary amides is 1. The fourth-order valence-electron chi connectivity index (χ4n) is 1.64. The van der Waals surface area contributed by atoms with E-state index in [1.807, 2.05) is 22.9 Å². The highest BCUT2D eigenvalue weighted by Crippen LogP contribution is 2.28. The highest BCUT2D eigenvalue weighted by molar-refractivity contribution is 6.38. The molecule has 0 atom stereocenters. The van der Waals surface area contributed by atoms with Crippen molar-refractivity contribution in [1.29, 1.82) is 0 Å². The van der Waals surface area contributed by atoms with E-state index in [-0.39, 0.29) is 5.91 Å². The van der Waals surface area contributed by atoms with Crippen LogP contribution in [0.5, 0.6) is 0 Å². The Morgan fingerprint density at radius 2 is 2.12 bits per heavy atom. The normalized spacial score (nSPS) is 10.9. The van der Waals surface area contributed by atoms with Crippen LogP contribution in [0.2, 0.25) is 10.0 Å². The fourth-order valence-corrected chi connectivity index (χ4v) is 2.19. The number of nitrogens with two attached hydrogens (primary N) is 1. The minimum Gasteiger partial charge on any atom is -0.370 e. The molecule has 0 unspecified atom stereocenters. The molecule has 2 N–H and O–H groups in total. The molecule has 3 nitrogen and oxygen atoms in total. The van der Waals surface area contributed by atoms with E-state index in [1.165, 1.54) is 0 Å². The van der Waals surface area contributed by atoms with E-state index in [4.69, 9.17) is 28.9 Å². The second kappa shape index (κ2) is 4.36. The van der Waals surface area contributed by atoms with Gasteiger partial charge in [0.15, 0.2) is 0 Å². The predicted molar refractivity (Wildman–Crippen MR) is 65.8 cm³/mol. The molecule has 2 aromatic rings. The van der Waals surface area contributed by atoms with Gasteiger partial charge in [-0.2, -0.15) is 0 Å². The van der Waals surface area contributed by atoms with Crippen molar-refractivity contribution < 1.29 is 4.79 Å². The second-order valence-electron chi connectivity index (χ2n) is 3.55. The molecule has 0 saturated heterocycles. The van der Waals surface area contributed by atoms with Crippen molar-refractivity contribution in [3.8, 4) is 0 Å². The van der Waals surface area contributed by atoms with Crippen LogP contribution in [-0.2, 0) is 11.3 Å². The van der Waals surface area contributed by atoms with Gasteiger partial charge in [-0.15, -0.1) is 0 Å². The first-order chi connectivity index (χ1) is 7.58. The summed E-state index contributed by atoms with van der Waals surface area (Å²) in [5, 5.41) is 2.12. The number of halogens is 2. The summed E-state index contributed by atoms with van der Waals surface area (Å²) < 4.78 is 1.91. The van der Waals surface area contributed by atoms with Crippen LogP contribution in [0.15, 0.2) is 24.4 Å². The number of amides is 1. The first-order valence-electron chi connectivity index (χ1n) is 4.80. The molecule has 0 fully saturated rings. The standard InChI is InChI=1S/C11H10Cl2N2O/c12-7-5-9(13)8-1-3-15(10(8)6-7)4-2-11(14)16/h1,3,5-6H,2,4H2,(H2,14,16). The minimum atomic E-state index is -0.324. The van der Waals surface area contributed by atoms with E-state index in [9.17, 15) is 4.79 Å².